The molecule has 27 heavy (non-hydrogen) atoms. The highest BCUT2D eigenvalue weighted by molar-refractivity contribution is 6.11. The summed E-state index contributed by atoms with van der Waals surface area (Å²) in [5, 5.41) is 11.1. The van der Waals surface area contributed by atoms with E-state index < -0.39 is 12.0 Å². The Kier molecular flexibility index (Phi) is 3.28. The van der Waals surface area contributed by atoms with Crippen molar-refractivity contribution in [3.05, 3.63) is 41.7 Å². The summed E-state index contributed by atoms with van der Waals surface area (Å²) < 4.78 is 27.9. The molecule has 1 N–H and O–H groups in total. The molecule has 0 saturated carbocycles. The van der Waals surface area contributed by atoms with E-state index >= 15 is 0 Å². The Bertz CT molecular complexity index is 1080. The van der Waals surface area contributed by atoms with Gasteiger partial charge >= 0.3 is 0 Å². The molecule has 3 heterocycles. The molecule has 3 aromatic rings. The van der Waals surface area contributed by atoms with Crippen molar-refractivity contribution >= 4 is 16.8 Å². The van der Waals surface area contributed by atoms with Gasteiger partial charge in [-0.3, -0.25) is 4.79 Å². The van der Waals surface area contributed by atoms with E-state index in [0.717, 1.165) is 0 Å². The molecule has 0 unspecified atom stereocenters. The third-order valence-corrected chi connectivity index (χ3v) is 5.11. The number of ketones is 1. The highest BCUT2D eigenvalue weighted by atomic mass is 16.5. The number of hydrogen-bond acceptors (Lipinski definition) is 7. The fourth-order valence-electron chi connectivity index (χ4n) is 3.86. The molecule has 0 amide bonds. The number of fused-ring (bicyclic) bond motifs is 6. The Morgan fingerprint density at radius 3 is 2.70 bits per heavy atom. The van der Waals surface area contributed by atoms with Crippen LogP contribution in [0.3, 0.4) is 0 Å². The van der Waals surface area contributed by atoms with Crippen LogP contribution in [0.15, 0.2) is 34.9 Å². The molecule has 2 aliphatic heterocycles. The van der Waals surface area contributed by atoms with Gasteiger partial charge in [-0.2, -0.15) is 0 Å². The quantitative estimate of drug-likeness (QED) is 0.743. The topological polar surface area (TPSA) is 87.4 Å². The molecule has 0 radical (unpaired) electrons. The third-order valence-electron chi connectivity index (χ3n) is 5.11. The van der Waals surface area contributed by atoms with Gasteiger partial charge < -0.3 is 28.5 Å². The van der Waals surface area contributed by atoms with Crippen molar-refractivity contribution in [3.8, 4) is 28.7 Å². The first kappa shape index (κ1) is 15.9. The average Bonchev–Trinajstić information content (AvgIpc) is 3.14. The minimum atomic E-state index is -0.615. The number of phenolic OH excluding ortho intramolecular Hbond substituents is 1. The van der Waals surface area contributed by atoms with Crippen LogP contribution in [0, 0.1) is 0 Å². The monoisotopic (exact) mass is 368 g/mol. The van der Waals surface area contributed by atoms with Crippen molar-refractivity contribution < 1.29 is 33.3 Å². The Labute approximate surface area is 154 Å². The molecule has 0 aliphatic carbocycles. The summed E-state index contributed by atoms with van der Waals surface area (Å²) in [7, 11) is 3.07. The SMILES string of the molecule is COc1cc2c(cc1OC)[C@H]1C(=O)c3c(O)cc4occc4c3O[C@H]1CO2. The Morgan fingerprint density at radius 2 is 1.93 bits per heavy atom. The minimum Gasteiger partial charge on any atom is -0.507 e. The van der Waals surface area contributed by atoms with Gasteiger partial charge in [0.05, 0.1) is 31.8 Å². The number of hydrogen-bond donors (Lipinski definition) is 1. The number of Topliss-reactive ketones (excluding diaryl/α,β-unsaturated/α-hetero) is 1. The summed E-state index contributed by atoms with van der Waals surface area (Å²) >= 11 is 0. The summed E-state index contributed by atoms with van der Waals surface area (Å²) in [6.45, 7) is 0.202. The minimum absolute atomic E-state index is 0.160. The maximum absolute atomic E-state index is 13.4. The van der Waals surface area contributed by atoms with E-state index in [1.54, 1.807) is 18.2 Å². The molecule has 0 spiro atoms. The second-order valence-corrected chi connectivity index (χ2v) is 6.49. The number of phenols is 1. The maximum atomic E-state index is 13.4. The van der Waals surface area contributed by atoms with E-state index in [9.17, 15) is 9.90 Å². The van der Waals surface area contributed by atoms with Gasteiger partial charge in [0, 0.05) is 17.7 Å². The van der Waals surface area contributed by atoms with Crippen LogP contribution in [0.1, 0.15) is 21.8 Å². The molecule has 0 saturated heterocycles. The number of carbonyl (C=O) groups excluding carboxylic acids is 1. The second-order valence-electron chi connectivity index (χ2n) is 6.49. The number of furan rings is 1. The van der Waals surface area contributed by atoms with Gasteiger partial charge in [0.15, 0.2) is 17.3 Å². The van der Waals surface area contributed by atoms with E-state index in [1.165, 1.54) is 26.5 Å². The predicted octanol–water partition coefficient (Wildman–Crippen LogP) is 3.28. The van der Waals surface area contributed by atoms with Crippen LogP contribution in [0.5, 0.6) is 28.7 Å². The first-order chi connectivity index (χ1) is 13.1. The molecule has 5 rings (SSSR count). The van der Waals surface area contributed by atoms with Gasteiger partial charge in [0.2, 0.25) is 0 Å². The van der Waals surface area contributed by atoms with Crippen molar-refractivity contribution in [3.63, 3.8) is 0 Å². The first-order valence-electron chi connectivity index (χ1n) is 8.45. The number of methoxy groups -OCH3 is 2. The van der Waals surface area contributed by atoms with Gasteiger partial charge in [-0.05, 0) is 12.1 Å². The molecule has 2 aliphatic rings. The zero-order valence-corrected chi connectivity index (χ0v) is 14.6. The Hall–Kier alpha value is -3.35. The molecular formula is C20H16O7. The zero-order chi connectivity index (χ0) is 18.7. The summed E-state index contributed by atoms with van der Waals surface area (Å²) in [5.74, 6) is 0.880. The third kappa shape index (κ3) is 2.11. The van der Waals surface area contributed by atoms with Crippen LogP contribution in [0.25, 0.3) is 11.0 Å². The molecule has 0 fully saturated rings. The first-order valence-corrected chi connectivity index (χ1v) is 8.45. The lowest BCUT2D eigenvalue weighted by molar-refractivity contribution is 0.0561. The average molecular weight is 368 g/mol. The highest BCUT2D eigenvalue weighted by Crippen LogP contribution is 2.50. The fourth-order valence-corrected chi connectivity index (χ4v) is 3.86. The lowest BCUT2D eigenvalue weighted by Gasteiger charge is -2.37. The van der Waals surface area contributed by atoms with Crippen LogP contribution >= 0.6 is 0 Å². The van der Waals surface area contributed by atoms with Crippen LogP contribution in [0.4, 0.5) is 0 Å². The van der Waals surface area contributed by atoms with Crippen LogP contribution in [0.2, 0.25) is 0 Å². The summed E-state index contributed by atoms with van der Waals surface area (Å²) in [4.78, 5) is 13.4. The van der Waals surface area contributed by atoms with Crippen molar-refractivity contribution in [2.75, 3.05) is 20.8 Å². The molecule has 0 bridgehead atoms. The van der Waals surface area contributed by atoms with Gasteiger partial charge in [-0.25, -0.2) is 0 Å². The normalized spacial score (nSPS) is 20.1. The van der Waals surface area contributed by atoms with E-state index in [4.69, 9.17) is 23.4 Å². The molecule has 2 aromatic carbocycles. The molecular weight excluding hydrogens is 352 g/mol. The highest BCUT2D eigenvalue weighted by Gasteiger charge is 2.45. The number of carbonyl (C=O) groups is 1. The van der Waals surface area contributed by atoms with Gasteiger partial charge in [-0.15, -0.1) is 0 Å². The maximum Gasteiger partial charge on any atom is 0.181 e. The van der Waals surface area contributed by atoms with Crippen molar-refractivity contribution in [1.82, 2.24) is 0 Å². The molecule has 2 atom stereocenters. The smallest absolute Gasteiger partial charge is 0.181 e. The standard InChI is InChI=1S/C20H16O7/c1-23-14-5-10-13(7-15(14)24-2)26-8-16-17(10)19(22)18-11(21)6-12-9(3-4-25-12)20(18)27-16/h3-7,16-17,21H,8H2,1-2H3/t16-,17+/m0/s1. The number of rotatable bonds is 2. The van der Waals surface area contributed by atoms with Gasteiger partial charge in [0.1, 0.15) is 41.1 Å². The summed E-state index contributed by atoms with van der Waals surface area (Å²) in [6, 6.07) is 6.58. The largest absolute Gasteiger partial charge is 0.507 e. The lowest BCUT2D eigenvalue weighted by Crippen LogP contribution is -2.43. The van der Waals surface area contributed by atoms with Gasteiger partial charge in [0.25, 0.3) is 0 Å². The van der Waals surface area contributed by atoms with Gasteiger partial charge in [-0.1, -0.05) is 0 Å². The van der Waals surface area contributed by atoms with Crippen LogP contribution < -0.4 is 18.9 Å². The Balaban J connectivity index is 1.70. The van der Waals surface area contributed by atoms with Crippen molar-refractivity contribution in [1.29, 1.82) is 0 Å². The van der Waals surface area contributed by atoms with E-state index in [-0.39, 0.29) is 23.7 Å². The number of aromatic hydroxyl groups is 1. The molecule has 7 nitrogen and oxygen atoms in total. The fraction of sp³-hybridized carbons (Fsp3) is 0.250. The zero-order valence-electron chi connectivity index (χ0n) is 14.6. The van der Waals surface area contributed by atoms with Crippen molar-refractivity contribution in [2.24, 2.45) is 0 Å². The van der Waals surface area contributed by atoms with Crippen LogP contribution in [-0.4, -0.2) is 37.8 Å². The molecule has 138 valence electrons. The van der Waals surface area contributed by atoms with Crippen LogP contribution in [-0.2, 0) is 0 Å². The second kappa shape index (κ2) is 5.57. The Morgan fingerprint density at radius 1 is 1.15 bits per heavy atom. The molecule has 7 heteroatoms. The van der Waals surface area contributed by atoms with E-state index in [0.29, 0.717) is 39.5 Å². The van der Waals surface area contributed by atoms with E-state index in [2.05, 4.69) is 0 Å². The van der Waals surface area contributed by atoms with E-state index in [1.807, 2.05) is 0 Å². The molecule has 1 aromatic heterocycles. The number of ether oxygens (including phenoxy) is 4. The lowest BCUT2D eigenvalue weighted by atomic mass is 9.81. The predicted molar refractivity (Wildman–Crippen MR) is 94.4 cm³/mol. The summed E-state index contributed by atoms with van der Waals surface area (Å²) in [5.41, 5.74) is 1.26. The van der Waals surface area contributed by atoms with Crippen molar-refractivity contribution in [2.45, 2.75) is 12.0 Å². The number of benzene rings is 2. The summed E-state index contributed by atoms with van der Waals surface area (Å²) in [6.07, 6.45) is 0.976.